The first-order valence-electron chi connectivity index (χ1n) is 10.8. The number of fused-ring (bicyclic) bond motifs is 1. The molecule has 0 radical (unpaired) electrons. The zero-order valence-electron chi connectivity index (χ0n) is 18.3. The fourth-order valence-corrected chi connectivity index (χ4v) is 4.96. The Bertz CT molecular complexity index is 1170. The van der Waals surface area contributed by atoms with Gasteiger partial charge in [-0.1, -0.05) is 24.6 Å². The van der Waals surface area contributed by atoms with E-state index in [9.17, 15) is 9.59 Å². The number of rotatable bonds is 6. The standard InChI is InChI=1S/C21H29N7O2S/c1-14-13-15(2)23-19(22-14)31-12-8-11-28-16-17(26(3)21(30)25-18(16)29)24-20(28)27-9-6-4-5-7-10-27/h13H,4-12H2,1-3H3,(H,25,29,30). The first-order chi connectivity index (χ1) is 14.9. The van der Waals surface area contributed by atoms with Gasteiger partial charge in [0.15, 0.2) is 16.3 Å². The molecule has 0 atom stereocenters. The Balaban J connectivity index is 1.61. The van der Waals surface area contributed by atoms with Crippen LogP contribution in [0.1, 0.15) is 43.5 Å². The van der Waals surface area contributed by atoms with Crippen molar-refractivity contribution in [2.75, 3.05) is 23.7 Å². The Morgan fingerprint density at radius 2 is 1.71 bits per heavy atom. The molecule has 1 N–H and O–H groups in total. The van der Waals surface area contributed by atoms with Crippen LogP contribution in [0.15, 0.2) is 20.8 Å². The molecular formula is C21H29N7O2S. The molecule has 1 aliphatic rings. The van der Waals surface area contributed by atoms with Crippen LogP contribution in [-0.2, 0) is 13.6 Å². The molecule has 1 fully saturated rings. The molecule has 0 unspecified atom stereocenters. The Hall–Kier alpha value is -2.62. The van der Waals surface area contributed by atoms with E-state index in [4.69, 9.17) is 4.98 Å². The summed E-state index contributed by atoms with van der Waals surface area (Å²) in [5.74, 6) is 1.61. The van der Waals surface area contributed by atoms with E-state index in [1.54, 1.807) is 18.8 Å². The molecule has 3 aromatic rings. The molecule has 0 amide bonds. The van der Waals surface area contributed by atoms with Crippen LogP contribution in [0.5, 0.6) is 0 Å². The van der Waals surface area contributed by atoms with Crippen molar-refractivity contribution < 1.29 is 0 Å². The third kappa shape index (κ3) is 4.68. The number of hydrogen-bond acceptors (Lipinski definition) is 7. The highest BCUT2D eigenvalue weighted by atomic mass is 32.2. The van der Waals surface area contributed by atoms with Gasteiger partial charge in [-0.2, -0.15) is 4.98 Å². The quantitative estimate of drug-likeness (QED) is 0.355. The Labute approximate surface area is 184 Å². The maximum Gasteiger partial charge on any atom is 0.329 e. The van der Waals surface area contributed by atoms with Crippen LogP contribution in [0.4, 0.5) is 5.95 Å². The average Bonchev–Trinajstić information content (AvgIpc) is 2.89. The largest absolute Gasteiger partial charge is 0.342 e. The number of imidazole rings is 1. The van der Waals surface area contributed by atoms with Crippen LogP contribution >= 0.6 is 11.8 Å². The van der Waals surface area contributed by atoms with E-state index in [0.717, 1.165) is 60.6 Å². The van der Waals surface area contributed by atoms with Crippen LogP contribution < -0.4 is 16.1 Å². The molecular weight excluding hydrogens is 414 g/mol. The van der Waals surface area contributed by atoms with Gasteiger partial charge in [-0.25, -0.2) is 14.8 Å². The van der Waals surface area contributed by atoms with Gasteiger partial charge in [-0.15, -0.1) is 0 Å². The van der Waals surface area contributed by atoms with Gasteiger partial charge in [0.2, 0.25) is 5.95 Å². The Kier molecular flexibility index (Phi) is 6.45. The van der Waals surface area contributed by atoms with E-state index >= 15 is 0 Å². The van der Waals surface area contributed by atoms with Crippen LogP contribution in [0.25, 0.3) is 11.2 Å². The SMILES string of the molecule is Cc1cc(C)nc(SCCCn2c(N3CCCCCC3)nc3c2c(=O)[nH]c(=O)n3C)n1. The molecule has 4 rings (SSSR count). The van der Waals surface area contributed by atoms with Gasteiger partial charge in [0, 0.05) is 43.8 Å². The van der Waals surface area contributed by atoms with Crippen molar-refractivity contribution in [1.29, 1.82) is 0 Å². The smallest absolute Gasteiger partial charge is 0.329 e. The molecule has 1 aliphatic heterocycles. The summed E-state index contributed by atoms with van der Waals surface area (Å²) in [6, 6.07) is 1.96. The monoisotopic (exact) mass is 443 g/mol. The molecule has 4 heterocycles. The van der Waals surface area contributed by atoms with Crippen molar-refractivity contribution in [3.63, 3.8) is 0 Å². The lowest BCUT2D eigenvalue weighted by molar-refractivity contribution is 0.661. The summed E-state index contributed by atoms with van der Waals surface area (Å²) in [6.07, 6.45) is 5.47. The highest BCUT2D eigenvalue weighted by molar-refractivity contribution is 7.99. The molecule has 10 heteroatoms. The Morgan fingerprint density at radius 3 is 2.39 bits per heavy atom. The normalized spacial score (nSPS) is 14.9. The minimum Gasteiger partial charge on any atom is -0.342 e. The first-order valence-corrected chi connectivity index (χ1v) is 11.8. The van der Waals surface area contributed by atoms with Gasteiger partial charge in [-0.05, 0) is 39.2 Å². The predicted octanol–water partition coefficient (Wildman–Crippen LogP) is 2.39. The van der Waals surface area contributed by atoms with E-state index < -0.39 is 5.69 Å². The van der Waals surface area contributed by atoms with E-state index in [0.29, 0.717) is 17.7 Å². The molecule has 1 saturated heterocycles. The van der Waals surface area contributed by atoms with Crippen molar-refractivity contribution >= 4 is 28.9 Å². The molecule has 31 heavy (non-hydrogen) atoms. The molecule has 0 aromatic carbocycles. The third-order valence-corrected chi connectivity index (χ3v) is 6.53. The predicted molar refractivity (Wildman–Crippen MR) is 123 cm³/mol. The highest BCUT2D eigenvalue weighted by Crippen LogP contribution is 2.24. The number of anilines is 1. The van der Waals surface area contributed by atoms with E-state index in [2.05, 4.69) is 19.9 Å². The number of nitrogens with zero attached hydrogens (tertiary/aromatic N) is 6. The number of aryl methyl sites for hydroxylation is 4. The second-order valence-corrected chi connectivity index (χ2v) is 9.15. The fourth-order valence-electron chi connectivity index (χ4n) is 4.09. The lowest BCUT2D eigenvalue weighted by atomic mass is 10.2. The maximum atomic E-state index is 12.7. The molecule has 0 saturated carbocycles. The number of nitrogens with one attached hydrogen (secondary N) is 1. The van der Waals surface area contributed by atoms with Gasteiger partial charge in [0.05, 0.1) is 0 Å². The second kappa shape index (κ2) is 9.25. The van der Waals surface area contributed by atoms with Gasteiger partial charge < -0.3 is 9.47 Å². The summed E-state index contributed by atoms with van der Waals surface area (Å²) < 4.78 is 3.41. The van der Waals surface area contributed by atoms with Crippen LogP contribution in [-0.4, -0.2) is 47.9 Å². The Morgan fingerprint density at radius 1 is 1.03 bits per heavy atom. The summed E-state index contributed by atoms with van der Waals surface area (Å²) in [6.45, 7) is 6.42. The minimum atomic E-state index is -0.438. The summed E-state index contributed by atoms with van der Waals surface area (Å²) in [5.41, 5.74) is 2.02. The zero-order chi connectivity index (χ0) is 22.0. The van der Waals surface area contributed by atoms with Crippen molar-refractivity contribution in [3.05, 3.63) is 38.3 Å². The number of thioether (sulfide) groups is 1. The fraction of sp³-hybridized carbons (Fsp3) is 0.571. The van der Waals surface area contributed by atoms with E-state index in [-0.39, 0.29) is 5.56 Å². The molecule has 0 spiro atoms. The average molecular weight is 444 g/mol. The maximum absolute atomic E-state index is 12.7. The number of H-pyrrole nitrogens is 1. The van der Waals surface area contributed by atoms with Crippen LogP contribution in [0.3, 0.4) is 0 Å². The molecule has 0 aliphatic carbocycles. The summed E-state index contributed by atoms with van der Waals surface area (Å²) >= 11 is 1.62. The number of hydrogen-bond donors (Lipinski definition) is 1. The van der Waals surface area contributed by atoms with E-state index in [1.807, 2.05) is 24.5 Å². The first kappa shape index (κ1) is 21.6. The van der Waals surface area contributed by atoms with Crippen molar-refractivity contribution in [1.82, 2.24) is 29.1 Å². The molecule has 0 bridgehead atoms. The van der Waals surface area contributed by atoms with Gasteiger partial charge in [0.1, 0.15) is 0 Å². The van der Waals surface area contributed by atoms with Gasteiger partial charge in [-0.3, -0.25) is 14.3 Å². The summed E-state index contributed by atoms with van der Waals surface area (Å²) in [4.78, 5) is 43.2. The molecule has 9 nitrogen and oxygen atoms in total. The second-order valence-electron chi connectivity index (χ2n) is 8.09. The van der Waals surface area contributed by atoms with Gasteiger partial charge in [0.25, 0.3) is 5.56 Å². The van der Waals surface area contributed by atoms with Gasteiger partial charge >= 0.3 is 5.69 Å². The lowest BCUT2D eigenvalue weighted by Gasteiger charge is -2.22. The highest BCUT2D eigenvalue weighted by Gasteiger charge is 2.22. The molecule has 166 valence electrons. The zero-order valence-corrected chi connectivity index (χ0v) is 19.2. The molecule has 3 aromatic heterocycles. The summed E-state index contributed by atoms with van der Waals surface area (Å²) in [7, 11) is 1.65. The van der Waals surface area contributed by atoms with E-state index in [1.165, 1.54) is 17.4 Å². The summed E-state index contributed by atoms with van der Waals surface area (Å²) in [5, 5.41) is 0.779. The number of aromatic nitrogens is 6. The number of aromatic amines is 1. The minimum absolute atomic E-state index is 0.378. The third-order valence-electron chi connectivity index (χ3n) is 5.59. The topological polar surface area (TPSA) is 102 Å². The van der Waals surface area contributed by atoms with Crippen molar-refractivity contribution in [2.45, 2.75) is 57.7 Å². The lowest BCUT2D eigenvalue weighted by Crippen LogP contribution is -2.30. The van der Waals surface area contributed by atoms with Crippen LogP contribution in [0.2, 0.25) is 0 Å². The van der Waals surface area contributed by atoms with Crippen molar-refractivity contribution in [3.8, 4) is 0 Å². The van der Waals surface area contributed by atoms with Crippen molar-refractivity contribution in [2.24, 2.45) is 7.05 Å². The van der Waals surface area contributed by atoms with Crippen LogP contribution in [0, 0.1) is 13.8 Å².